The molecule has 3 nitrogen and oxygen atoms in total. The molecule has 1 aromatic carbocycles. The number of hydrogen-bond donors (Lipinski definition) is 0. The Labute approximate surface area is 120 Å². The van der Waals surface area contributed by atoms with Crippen LogP contribution in [0.1, 0.15) is 49.7 Å². The molecule has 0 aromatic heterocycles. The minimum Gasteiger partial charge on any atom is -0.493 e. The molecule has 0 heterocycles. The van der Waals surface area contributed by atoms with Gasteiger partial charge in [0.2, 0.25) is 6.08 Å². The quantitative estimate of drug-likeness (QED) is 0.602. The molecule has 2 saturated carbocycles. The van der Waals surface area contributed by atoms with Crippen LogP contribution in [0.4, 0.5) is 0 Å². The van der Waals surface area contributed by atoms with E-state index in [1.807, 2.05) is 6.07 Å². The van der Waals surface area contributed by atoms with Gasteiger partial charge in [-0.15, -0.1) is 0 Å². The van der Waals surface area contributed by atoms with E-state index in [9.17, 15) is 4.79 Å². The van der Waals surface area contributed by atoms with Gasteiger partial charge in [-0.3, -0.25) is 0 Å². The molecular weight excluding hydrogens is 250 g/mol. The standard InChI is InChI=1S/C17H21NO2/c1-13-4-7-16(20-11-14-5-6-14)15(10-13)17(18-12-19)8-2-3-9-17/h4,7,10,14H,2-3,5-6,8-9,11H2,1H3. The Hall–Kier alpha value is -1.60. The van der Waals surface area contributed by atoms with Crippen molar-refractivity contribution in [3.05, 3.63) is 29.3 Å². The van der Waals surface area contributed by atoms with Crippen molar-refractivity contribution in [2.75, 3.05) is 6.61 Å². The van der Waals surface area contributed by atoms with E-state index in [2.05, 4.69) is 24.0 Å². The van der Waals surface area contributed by atoms with Crippen LogP contribution < -0.4 is 4.74 Å². The van der Waals surface area contributed by atoms with Gasteiger partial charge in [0, 0.05) is 5.56 Å². The van der Waals surface area contributed by atoms with Crippen molar-refractivity contribution in [1.29, 1.82) is 0 Å². The van der Waals surface area contributed by atoms with Gasteiger partial charge in [-0.25, -0.2) is 4.79 Å². The molecular formula is C17H21NO2. The van der Waals surface area contributed by atoms with Crippen molar-refractivity contribution in [2.45, 2.75) is 51.0 Å². The normalized spacial score (nSPS) is 20.4. The van der Waals surface area contributed by atoms with Crippen molar-refractivity contribution in [2.24, 2.45) is 10.9 Å². The van der Waals surface area contributed by atoms with Crippen LogP contribution in [0.5, 0.6) is 5.75 Å². The van der Waals surface area contributed by atoms with Gasteiger partial charge in [0.1, 0.15) is 11.3 Å². The summed E-state index contributed by atoms with van der Waals surface area (Å²) in [5.74, 6) is 1.63. The molecule has 0 amide bonds. The Morgan fingerprint density at radius 3 is 2.75 bits per heavy atom. The van der Waals surface area contributed by atoms with Gasteiger partial charge in [-0.1, -0.05) is 24.5 Å². The Morgan fingerprint density at radius 2 is 2.10 bits per heavy atom. The predicted octanol–water partition coefficient (Wildman–Crippen LogP) is 3.89. The number of aryl methyl sites for hydroxylation is 1. The molecule has 0 radical (unpaired) electrons. The first-order chi connectivity index (χ1) is 9.73. The lowest BCUT2D eigenvalue weighted by atomic mass is 9.87. The number of carbonyl (C=O) groups excluding carboxylic acids is 1. The molecule has 0 N–H and O–H groups in total. The molecule has 106 valence electrons. The fourth-order valence-electron chi connectivity index (χ4n) is 3.11. The Bertz CT molecular complexity index is 536. The number of nitrogens with zero attached hydrogens (tertiary/aromatic N) is 1. The highest BCUT2D eigenvalue weighted by Crippen LogP contribution is 2.46. The number of isocyanates is 1. The summed E-state index contributed by atoms with van der Waals surface area (Å²) in [7, 11) is 0. The van der Waals surface area contributed by atoms with Crippen LogP contribution in [0, 0.1) is 12.8 Å². The van der Waals surface area contributed by atoms with Crippen molar-refractivity contribution in [3.63, 3.8) is 0 Å². The molecule has 3 rings (SSSR count). The molecule has 0 bridgehead atoms. The molecule has 2 aliphatic carbocycles. The van der Waals surface area contributed by atoms with E-state index in [1.165, 1.54) is 18.4 Å². The Morgan fingerprint density at radius 1 is 1.35 bits per heavy atom. The van der Waals surface area contributed by atoms with Crippen LogP contribution >= 0.6 is 0 Å². The lowest BCUT2D eigenvalue weighted by Gasteiger charge is -2.26. The fraction of sp³-hybridized carbons (Fsp3) is 0.588. The monoisotopic (exact) mass is 271 g/mol. The zero-order valence-corrected chi connectivity index (χ0v) is 12.0. The van der Waals surface area contributed by atoms with Crippen LogP contribution in [0.15, 0.2) is 23.2 Å². The molecule has 0 unspecified atom stereocenters. The van der Waals surface area contributed by atoms with Crippen LogP contribution in [-0.2, 0) is 10.3 Å². The summed E-state index contributed by atoms with van der Waals surface area (Å²) < 4.78 is 6.01. The molecule has 20 heavy (non-hydrogen) atoms. The Kier molecular flexibility index (Phi) is 3.62. The molecule has 0 atom stereocenters. The van der Waals surface area contributed by atoms with Gasteiger partial charge in [0.05, 0.1) is 6.61 Å². The molecule has 0 aliphatic heterocycles. The molecule has 2 fully saturated rings. The SMILES string of the molecule is Cc1ccc(OCC2CC2)c(C2(N=C=O)CCCC2)c1. The summed E-state index contributed by atoms with van der Waals surface area (Å²) in [5.41, 5.74) is 1.87. The number of rotatable bonds is 5. The second-order valence-corrected chi connectivity index (χ2v) is 6.20. The molecule has 0 saturated heterocycles. The van der Waals surface area contributed by atoms with Gasteiger partial charge >= 0.3 is 0 Å². The lowest BCUT2D eigenvalue weighted by molar-refractivity contribution is 0.287. The lowest BCUT2D eigenvalue weighted by Crippen LogP contribution is -2.20. The third-order valence-electron chi connectivity index (χ3n) is 4.50. The highest BCUT2D eigenvalue weighted by molar-refractivity contribution is 5.46. The van der Waals surface area contributed by atoms with E-state index in [4.69, 9.17) is 4.74 Å². The smallest absolute Gasteiger partial charge is 0.235 e. The van der Waals surface area contributed by atoms with Crippen LogP contribution in [0.2, 0.25) is 0 Å². The first-order valence-corrected chi connectivity index (χ1v) is 7.56. The average Bonchev–Trinajstić information content (AvgIpc) is 3.16. The van der Waals surface area contributed by atoms with Crippen molar-refractivity contribution < 1.29 is 9.53 Å². The molecule has 3 heteroatoms. The highest BCUT2D eigenvalue weighted by Gasteiger charge is 2.38. The van der Waals surface area contributed by atoms with Gasteiger partial charge in [0.25, 0.3) is 0 Å². The van der Waals surface area contributed by atoms with Crippen LogP contribution in [0.25, 0.3) is 0 Å². The summed E-state index contributed by atoms with van der Waals surface area (Å²) >= 11 is 0. The Balaban J connectivity index is 1.95. The van der Waals surface area contributed by atoms with Crippen molar-refractivity contribution >= 4 is 6.08 Å². The summed E-state index contributed by atoms with van der Waals surface area (Å²) in [6.07, 6.45) is 8.41. The second-order valence-electron chi connectivity index (χ2n) is 6.20. The number of ether oxygens (including phenoxy) is 1. The van der Waals surface area contributed by atoms with E-state index < -0.39 is 5.54 Å². The minimum atomic E-state index is -0.396. The van der Waals surface area contributed by atoms with Crippen molar-refractivity contribution in [1.82, 2.24) is 0 Å². The largest absolute Gasteiger partial charge is 0.493 e. The second kappa shape index (κ2) is 5.41. The van der Waals surface area contributed by atoms with Gasteiger partial charge in [-0.2, -0.15) is 4.99 Å². The van der Waals surface area contributed by atoms with Gasteiger partial charge in [0.15, 0.2) is 0 Å². The van der Waals surface area contributed by atoms with Crippen LogP contribution in [-0.4, -0.2) is 12.7 Å². The van der Waals surface area contributed by atoms with E-state index in [-0.39, 0.29) is 0 Å². The summed E-state index contributed by atoms with van der Waals surface area (Å²) in [4.78, 5) is 15.1. The maximum Gasteiger partial charge on any atom is 0.235 e. The summed E-state index contributed by atoms with van der Waals surface area (Å²) in [6, 6.07) is 6.24. The number of hydrogen-bond acceptors (Lipinski definition) is 3. The van der Waals surface area contributed by atoms with Crippen molar-refractivity contribution in [3.8, 4) is 5.75 Å². The third-order valence-corrected chi connectivity index (χ3v) is 4.50. The first-order valence-electron chi connectivity index (χ1n) is 7.56. The molecule has 0 spiro atoms. The number of benzene rings is 1. The topological polar surface area (TPSA) is 38.7 Å². The fourth-order valence-corrected chi connectivity index (χ4v) is 3.11. The highest BCUT2D eigenvalue weighted by atomic mass is 16.5. The first kappa shape index (κ1) is 13.4. The van der Waals surface area contributed by atoms with Gasteiger partial charge in [-0.05, 0) is 50.7 Å². The van der Waals surface area contributed by atoms with E-state index in [1.54, 1.807) is 6.08 Å². The zero-order valence-electron chi connectivity index (χ0n) is 12.0. The maximum absolute atomic E-state index is 10.9. The maximum atomic E-state index is 10.9. The predicted molar refractivity (Wildman–Crippen MR) is 77.7 cm³/mol. The summed E-state index contributed by atoms with van der Waals surface area (Å²) in [5, 5.41) is 0. The third kappa shape index (κ3) is 2.64. The zero-order chi connectivity index (χ0) is 14.0. The van der Waals surface area contributed by atoms with E-state index >= 15 is 0 Å². The van der Waals surface area contributed by atoms with Gasteiger partial charge < -0.3 is 4.74 Å². The minimum absolute atomic E-state index is 0.396. The molecule has 2 aliphatic rings. The summed E-state index contributed by atoms with van der Waals surface area (Å²) in [6.45, 7) is 2.86. The number of aliphatic imine (C=N–C) groups is 1. The molecule has 1 aromatic rings. The average molecular weight is 271 g/mol. The van der Waals surface area contributed by atoms with E-state index in [0.29, 0.717) is 0 Å². The van der Waals surface area contributed by atoms with E-state index in [0.717, 1.165) is 49.5 Å². The van der Waals surface area contributed by atoms with Crippen LogP contribution in [0.3, 0.4) is 0 Å².